The molecule has 1 aliphatic heterocycles. The summed E-state index contributed by atoms with van der Waals surface area (Å²) in [6, 6.07) is 11.2. The lowest BCUT2D eigenvalue weighted by molar-refractivity contribution is -0.142. The van der Waals surface area contributed by atoms with E-state index in [1.807, 2.05) is 50.2 Å². The number of rotatable bonds is 8. The van der Waals surface area contributed by atoms with E-state index in [-0.39, 0.29) is 31.4 Å². The number of nitrogens with zero attached hydrogens (tertiary/aromatic N) is 1. The smallest absolute Gasteiger partial charge is 0.311 e. The first-order valence-electron chi connectivity index (χ1n) is 10.8. The quantitative estimate of drug-likeness (QED) is 0.598. The van der Waals surface area contributed by atoms with Gasteiger partial charge in [-0.3, -0.25) is 19.3 Å². The third-order valence-corrected chi connectivity index (χ3v) is 5.33. The van der Waals surface area contributed by atoms with E-state index in [9.17, 15) is 14.4 Å². The summed E-state index contributed by atoms with van der Waals surface area (Å²) in [4.78, 5) is 39.2. The zero-order valence-electron chi connectivity index (χ0n) is 19.4. The highest BCUT2D eigenvalue weighted by Crippen LogP contribution is 2.33. The molecule has 0 bridgehead atoms. The first-order chi connectivity index (χ1) is 15.8. The van der Waals surface area contributed by atoms with Crippen LogP contribution in [0.3, 0.4) is 0 Å². The molecule has 0 saturated heterocycles. The molecule has 2 N–H and O–H groups in total. The molecule has 1 aliphatic rings. The van der Waals surface area contributed by atoms with E-state index < -0.39 is 5.97 Å². The third-order valence-electron chi connectivity index (χ3n) is 5.33. The van der Waals surface area contributed by atoms with Crippen LogP contribution in [0.4, 0.5) is 11.4 Å². The lowest BCUT2D eigenvalue weighted by atomic mass is 10.1. The molecule has 0 aliphatic carbocycles. The Morgan fingerprint density at radius 2 is 1.88 bits per heavy atom. The highest BCUT2D eigenvalue weighted by atomic mass is 16.5. The third kappa shape index (κ3) is 6.12. The van der Waals surface area contributed by atoms with Crippen LogP contribution in [0, 0.1) is 13.8 Å². The van der Waals surface area contributed by atoms with Crippen LogP contribution in [0.1, 0.15) is 30.0 Å². The zero-order valence-corrected chi connectivity index (χ0v) is 19.4. The van der Waals surface area contributed by atoms with Crippen molar-refractivity contribution < 1.29 is 23.9 Å². The summed E-state index contributed by atoms with van der Waals surface area (Å²) in [7, 11) is 1.58. The van der Waals surface area contributed by atoms with Gasteiger partial charge in [-0.2, -0.15) is 0 Å². The number of fused-ring (bicyclic) bond motifs is 1. The van der Waals surface area contributed by atoms with Crippen LogP contribution in [0.2, 0.25) is 0 Å². The second-order valence-electron chi connectivity index (χ2n) is 7.78. The fourth-order valence-electron chi connectivity index (χ4n) is 3.49. The minimum Gasteiger partial charge on any atom is -0.497 e. The Balaban J connectivity index is 1.81. The monoisotopic (exact) mass is 451 g/mol. The highest BCUT2D eigenvalue weighted by Gasteiger charge is 2.26. The van der Waals surface area contributed by atoms with Crippen LogP contribution in [0.5, 0.6) is 5.75 Å². The Kier molecular flexibility index (Phi) is 7.71. The molecule has 0 aromatic heterocycles. The number of aryl methyl sites for hydroxylation is 2. The summed E-state index contributed by atoms with van der Waals surface area (Å²) >= 11 is 0. The second-order valence-corrected chi connectivity index (χ2v) is 7.78. The van der Waals surface area contributed by atoms with Crippen LogP contribution in [-0.4, -0.2) is 38.0 Å². The number of carbonyl (C=O) groups is 3. The Morgan fingerprint density at radius 3 is 2.61 bits per heavy atom. The van der Waals surface area contributed by atoms with E-state index in [2.05, 4.69) is 10.6 Å². The van der Waals surface area contributed by atoms with E-state index in [0.29, 0.717) is 29.4 Å². The van der Waals surface area contributed by atoms with Crippen LogP contribution >= 0.6 is 0 Å². The molecule has 174 valence electrons. The standard InChI is InChI=1S/C25H29N3O5/c1-5-33-25(31)13-19-12-24(30)28(22-10-17(3)16(2)9-21(22)27-19)15-23(29)26-14-18-7-6-8-20(11-18)32-4/h6-12,27H,5,13-15H2,1-4H3,(H,26,29). The molecule has 8 nitrogen and oxygen atoms in total. The lowest BCUT2D eigenvalue weighted by Crippen LogP contribution is -2.40. The predicted molar refractivity (Wildman–Crippen MR) is 126 cm³/mol. The molecule has 2 amide bonds. The minimum absolute atomic E-state index is 0.0676. The van der Waals surface area contributed by atoms with Gasteiger partial charge in [0.1, 0.15) is 12.3 Å². The van der Waals surface area contributed by atoms with Crippen LogP contribution in [0.15, 0.2) is 48.2 Å². The Bertz CT molecular complexity index is 1090. The number of hydrogen-bond acceptors (Lipinski definition) is 6. The maximum Gasteiger partial charge on any atom is 0.311 e. The van der Waals surface area contributed by atoms with Crippen molar-refractivity contribution in [3.63, 3.8) is 0 Å². The summed E-state index contributed by atoms with van der Waals surface area (Å²) in [5, 5.41) is 6.03. The highest BCUT2D eigenvalue weighted by molar-refractivity contribution is 6.09. The van der Waals surface area contributed by atoms with Gasteiger partial charge in [-0.1, -0.05) is 12.1 Å². The van der Waals surface area contributed by atoms with Gasteiger partial charge in [0.15, 0.2) is 0 Å². The van der Waals surface area contributed by atoms with Gasteiger partial charge in [-0.05, 0) is 61.7 Å². The van der Waals surface area contributed by atoms with Crippen molar-refractivity contribution in [2.75, 3.05) is 30.5 Å². The first-order valence-corrected chi connectivity index (χ1v) is 10.8. The molecule has 1 heterocycles. The van der Waals surface area contributed by atoms with E-state index in [4.69, 9.17) is 9.47 Å². The van der Waals surface area contributed by atoms with Crippen molar-refractivity contribution >= 4 is 29.2 Å². The Labute approximate surface area is 193 Å². The number of carbonyl (C=O) groups excluding carboxylic acids is 3. The molecule has 33 heavy (non-hydrogen) atoms. The van der Waals surface area contributed by atoms with Crippen molar-refractivity contribution in [2.24, 2.45) is 0 Å². The summed E-state index contributed by atoms with van der Waals surface area (Å²) < 4.78 is 10.2. The van der Waals surface area contributed by atoms with E-state index >= 15 is 0 Å². The molecular formula is C25H29N3O5. The van der Waals surface area contributed by atoms with E-state index in [0.717, 1.165) is 16.7 Å². The average molecular weight is 452 g/mol. The summed E-state index contributed by atoms with van der Waals surface area (Å²) in [5.41, 5.74) is 4.54. The topological polar surface area (TPSA) is 97.0 Å². The fraction of sp³-hybridized carbons (Fsp3) is 0.320. The van der Waals surface area contributed by atoms with Crippen LogP contribution in [-0.2, 0) is 25.7 Å². The number of ether oxygens (including phenoxy) is 2. The number of amides is 2. The number of hydrogen-bond donors (Lipinski definition) is 2. The molecular weight excluding hydrogens is 422 g/mol. The SMILES string of the molecule is CCOC(=O)CC1=CC(=O)N(CC(=O)NCc2cccc(OC)c2)c2cc(C)c(C)cc2N1. The number of esters is 1. The minimum atomic E-state index is -0.432. The second kappa shape index (κ2) is 10.7. The molecule has 0 spiro atoms. The number of anilines is 2. The summed E-state index contributed by atoms with van der Waals surface area (Å²) in [6.45, 7) is 6.03. The van der Waals surface area contributed by atoms with Gasteiger partial charge >= 0.3 is 5.97 Å². The Hall–Kier alpha value is -3.81. The molecule has 0 radical (unpaired) electrons. The van der Waals surface area contributed by atoms with Gasteiger partial charge in [-0.25, -0.2) is 0 Å². The molecule has 8 heteroatoms. The lowest BCUT2D eigenvalue weighted by Gasteiger charge is -2.23. The number of methoxy groups -OCH3 is 1. The average Bonchev–Trinajstić information content (AvgIpc) is 2.89. The van der Waals surface area contributed by atoms with Gasteiger partial charge < -0.3 is 20.1 Å². The van der Waals surface area contributed by atoms with Gasteiger partial charge in [0.25, 0.3) is 5.91 Å². The largest absolute Gasteiger partial charge is 0.497 e. The molecule has 2 aromatic rings. The molecule has 3 rings (SSSR count). The normalized spacial score (nSPS) is 12.8. The zero-order chi connectivity index (χ0) is 24.0. The van der Waals surface area contributed by atoms with Crippen LogP contribution in [0.25, 0.3) is 0 Å². The summed E-state index contributed by atoms with van der Waals surface area (Å²) in [6.07, 6.45) is 1.28. The molecule has 0 saturated carbocycles. The van der Waals surface area contributed by atoms with Crippen molar-refractivity contribution in [1.29, 1.82) is 0 Å². The summed E-state index contributed by atoms with van der Waals surface area (Å²) in [5.74, 6) is -0.425. The Morgan fingerprint density at radius 1 is 1.12 bits per heavy atom. The molecule has 0 atom stereocenters. The van der Waals surface area contributed by atoms with E-state index in [1.165, 1.54) is 11.0 Å². The number of benzene rings is 2. The van der Waals surface area contributed by atoms with Crippen molar-refractivity contribution in [3.8, 4) is 5.75 Å². The van der Waals surface area contributed by atoms with Crippen molar-refractivity contribution in [3.05, 3.63) is 64.9 Å². The number of nitrogens with one attached hydrogen (secondary N) is 2. The van der Waals surface area contributed by atoms with Crippen LogP contribution < -0.4 is 20.3 Å². The first kappa shape index (κ1) is 23.8. The van der Waals surface area contributed by atoms with Gasteiger partial charge in [-0.15, -0.1) is 0 Å². The van der Waals surface area contributed by atoms with Gasteiger partial charge in [0, 0.05) is 18.3 Å². The molecule has 0 fully saturated rings. The maximum atomic E-state index is 13.1. The fourth-order valence-corrected chi connectivity index (χ4v) is 3.49. The van der Waals surface area contributed by atoms with E-state index in [1.54, 1.807) is 14.0 Å². The van der Waals surface area contributed by atoms with Crippen molar-refractivity contribution in [1.82, 2.24) is 5.32 Å². The predicted octanol–water partition coefficient (Wildman–Crippen LogP) is 3.22. The van der Waals surface area contributed by atoms with Crippen molar-refractivity contribution in [2.45, 2.75) is 33.7 Å². The maximum absolute atomic E-state index is 13.1. The van der Waals surface area contributed by atoms with Gasteiger partial charge in [0.2, 0.25) is 5.91 Å². The molecule has 2 aromatic carbocycles. The molecule has 0 unspecified atom stereocenters. The van der Waals surface area contributed by atoms with Gasteiger partial charge in [0.05, 0.1) is 31.5 Å².